The average molecular weight is 678 g/mol. The summed E-state index contributed by atoms with van der Waals surface area (Å²) in [5.74, 6) is 1.76. The molecule has 0 radical (unpaired) electrons. The second kappa shape index (κ2) is 12.0. The minimum absolute atomic E-state index is 0.213. The summed E-state index contributed by atoms with van der Waals surface area (Å²) >= 11 is 0. The van der Waals surface area contributed by atoms with Crippen LogP contribution in [0.4, 0.5) is 0 Å². The number of nitrogens with one attached hydrogen (secondary N) is 2. The van der Waals surface area contributed by atoms with Gasteiger partial charge in [-0.1, -0.05) is 158 Å². The fraction of sp³-hybridized carbons (Fsp3) is 0.0208. The molecule has 0 spiro atoms. The van der Waals surface area contributed by atoms with Gasteiger partial charge in [0.05, 0.1) is 16.8 Å². The predicted octanol–water partition coefficient (Wildman–Crippen LogP) is 10.8. The quantitative estimate of drug-likeness (QED) is 0.190. The van der Waals surface area contributed by atoms with Gasteiger partial charge in [-0.2, -0.15) is 0 Å². The van der Waals surface area contributed by atoms with Crippen LogP contribution >= 0.6 is 0 Å². The molecule has 2 aliphatic rings. The molecule has 0 atom stereocenters. The molecule has 0 bridgehead atoms. The van der Waals surface area contributed by atoms with Crippen molar-refractivity contribution in [2.24, 2.45) is 0 Å². The van der Waals surface area contributed by atoms with E-state index in [4.69, 9.17) is 25.8 Å². The number of rotatable bonds is 5. The standard InChI is InChI=1S/C48H31N5/c49-42-27-24-30-20-21-32-28-33(22-25-37(32)43(30)44(42)50)46-51-45(31-12-4-1-5-13-31)52-47(53-46)34-23-26-41-39(29-34)38-18-10-11-19-40(38)48(41,35-14-6-2-7-15-35)36-16-8-3-9-17-36/h1-29,49-50H. The molecule has 8 aromatic rings. The summed E-state index contributed by atoms with van der Waals surface area (Å²) in [6, 6.07) is 57.2. The maximum absolute atomic E-state index is 8.63. The first-order chi connectivity index (χ1) is 26.1. The second-order valence-corrected chi connectivity index (χ2v) is 13.5. The molecule has 1 heterocycles. The van der Waals surface area contributed by atoms with Crippen molar-refractivity contribution in [3.8, 4) is 45.3 Å². The van der Waals surface area contributed by atoms with E-state index in [1.807, 2.05) is 54.6 Å². The monoisotopic (exact) mass is 677 g/mol. The van der Waals surface area contributed by atoms with Gasteiger partial charge in [0.15, 0.2) is 17.5 Å². The summed E-state index contributed by atoms with van der Waals surface area (Å²) in [5.41, 5.74) is 11.6. The van der Waals surface area contributed by atoms with E-state index in [2.05, 4.69) is 115 Å². The largest absolute Gasteiger partial charge is 0.299 e. The Bertz CT molecular complexity index is 2770. The van der Waals surface area contributed by atoms with Crippen LogP contribution in [0.3, 0.4) is 0 Å². The number of aromatic nitrogens is 3. The Balaban J connectivity index is 1.17. The molecule has 1 aromatic heterocycles. The molecule has 0 aliphatic heterocycles. The highest BCUT2D eigenvalue weighted by atomic mass is 15.0. The fourth-order valence-corrected chi connectivity index (χ4v) is 8.23. The topological polar surface area (TPSA) is 86.4 Å². The summed E-state index contributed by atoms with van der Waals surface area (Å²) in [6.45, 7) is 0. The van der Waals surface area contributed by atoms with Gasteiger partial charge in [0.25, 0.3) is 0 Å². The zero-order valence-corrected chi connectivity index (χ0v) is 28.6. The van der Waals surface area contributed by atoms with E-state index in [1.165, 1.54) is 27.8 Å². The predicted molar refractivity (Wildman–Crippen MR) is 215 cm³/mol. The van der Waals surface area contributed by atoms with E-state index >= 15 is 0 Å². The molecule has 53 heavy (non-hydrogen) atoms. The van der Waals surface area contributed by atoms with Gasteiger partial charge in [-0.25, -0.2) is 15.0 Å². The molecule has 0 saturated heterocycles. The van der Waals surface area contributed by atoms with Gasteiger partial charge in [0.1, 0.15) is 0 Å². The molecule has 0 fully saturated rings. The molecule has 10 rings (SSSR count). The van der Waals surface area contributed by atoms with E-state index in [0.29, 0.717) is 17.5 Å². The third-order valence-corrected chi connectivity index (χ3v) is 10.6. The third-order valence-electron chi connectivity index (χ3n) is 10.6. The Hall–Kier alpha value is -7.11. The van der Waals surface area contributed by atoms with E-state index in [-0.39, 0.29) is 11.4 Å². The van der Waals surface area contributed by atoms with Gasteiger partial charge in [-0.15, -0.1) is 0 Å². The van der Waals surface area contributed by atoms with Crippen LogP contribution in [0.25, 0.3) is 62.1 Å². The van der Waals surface area contributed by atoms with Gasteiger partial charge in [-0.3, -0.25) is 10.8 Å². The van der Waals surface area contributed by atoms with Crippen LogP contribution in [0, 0.1) is 10.8 Å². The minimum atomic E-state index is -0.485. The van der Waals surface area contributed by atoms with Gasteiger partial charge in [0.2, 0.25) is 0 Å². The highest BCUT2D eigenvalue weighted by Crippen LogP contribution is 2.56. The highest BCUT2D eigenvalue weighted by molar-refractivity contribution is 6.53. The van der Waals surface area contributed by atoms with Crippen LogP contribution in [0.15, 0.2) is 170 Å². The third kappa shape index (κ3) is 4.75. The van der Waals surface area contributed by atoms with Crippen molar-refractivity contribution in [3.63, 3.8) is 0 Å². The van der Waals surface area contributed by atoms with Crippen LogP contribution in [0.5, 0.6) is 0 Å². The molecule has 7 aromatic carbocycles. The van der Waals surface area contributed by atoms with Crippen LogP contribution in [0.1, 0.15) is 33.4 Å². The first kappa shape index (κ1) is 30.7. The Morgan fingerprint density at radius 2 is 1.00 bits per heavy atom. The maximum Gasteiger partial charge on any atom is 0.164 e. The smallest absolute Gasteiger partial charge is 0.164 e. The number of hydrogen-bond acceptors (Lipinski definition) is 5. The Labute approximate surface area is 307 Å². The Kier molecular flexibility index (Phi) is 6.95. The zero-order chi connectivity index (χ0) is 35.5. The van der Waals surface area contributed by atoms with Crippen LogP contribution < -0.4 is 0 Å². The number of benzene rings is 7. The van der Waals surface area contributed by atoms with Gasteiger partial charge in [0, 0.05) is 22.3 Å². The highest BCUT2D eigenvalue weighted by Gasteiger charge is 2.46. The molecule has 248 valence electrons. The maximum atomic E-state index is 8.63. The van der Waals surface area contributed by atoms with E-state index in [0.717, 1.165) is 44.2 Å². The van der Waals surface area contributed by atoms with E-state index in [9.17, 15) is 0 Å². The number of nitrogens with zero attached hydrogens (tertiary/aromatic N) is 3. The van der Waals surface area contributed by atoms with Gasteiger partial charge < -0.3 is 0 Å². The van der Waals surface area contributed by atoms with Crippen LogP contribution in [-0.4, -0.2) is 26.4 Å². The van der Waals surface area contributed by atoms with Crippen LogP contribution in [-0.2, 0) is 5.41 Å². The molecule has 2 aliphatic carbocycles. The zero-order valence-electron chi connectivity index (χ0n) is 28.6. The number of hydrogen-bond donors (Lipinski definition) is 2. The lowest BCUT2D eigenvalue weighted by Crippen LogP contribution is -2.28. The summed E-state index contributed by atoms with van der Waals surface area (Å²) < 4.78 is 0. The SMILES string of the molecule is N=C1C=Cc2ccc3cc(-c4nc(-c5ccccc5)nc(-c5ccc6c(c5)-c5ccccc5C6(c5ccccc5)c5ccccc5)n4)ccc3c2C1=N. The van der Waals surface area contributed by atoms with E-state index in [1.54, 1.807) is 6.08 Å². The van der Waals surface area contributed by atoms with Crippen molar-refractivity contribution in [3.05, 3.63) is 203 Å². The molecule has 0 unspecified atom stereocenters. The number of allylic oxidation sites excluding steroid dienone is 1. The molecule has 0 amide bonds. The lowest BCUT2D eigenvalue weighted by Gasteiger charge is -2.33. The van der Waals surface area contributed by atoms with E-state index < -0.39 is 5.41 Å². The molecule has 0 saturated carbocycles. The minimum Gasteiger partial charge on any atom is -0.299 e. The van der Waals surface area contributed by atoms with Crippen molar-refractivity contribution >= 4 is 28.3 Å². The lowest BCUT2D eigenvalue weighted by molar-refractivity contribution is 0.768. The molecular formula is C48H31N5. The Morgan fingerprint density at radius 3 is 1.70 bits per heavy atom. The average Bonchev–Trinajstić information content (AvgIpc) is 3.53. The number of fused-ring (bicyclic) bond motifs is 6. The summed E-state index contributed by atoms with van der Waals surface area (Å²) in [7, 11) is 0. The molecule has 5 nitrogen and oxygen atoms in total. The summed E-state index contributed by atoms with van der Waals surface area (Å²) in [5, 5.41) is 18.8. The van der Waals surface area contributed by atoms with Crippen molar-refractivity contribution in [1.29, 1.82) is 10.8 Å². The Morgan fingerprint density at radius 1 is 0.434 bits per heavy atom. The second-order valence-electron chi connectivity index (χ2n) is 13.5. The van der Waals surface area contributed by atoms with Crippen LogP contribution in [0.2, 0.25) is 0 Å². The molecular weight excluding hydrogens is 647 g/mol. The van der Waals surface area contributed by atoms with Gasteiger partial charge in [-0.05, 0) is 67.9 Å². The van der Waals surface area contributed by atoms with Crippen molar-refractivity contribution < 1.29 is 0 Å². The summed E-state index contributed by atoms with van der Waals surface area (Å²) in [4.78, 5) is 15.3. The normalized spacial score (nSPS) is 13.8. The molecule has 5 heteroatoms. The summed E-state index contributed by atoms with van der Waals surface area (Å²) in [6.07, 6.45) is 3.59. The van der Waals surface area contributed by atoms with Crippen molar-refractivity contribution in [2.45, 2.75) is 5.41 Å². The van der Waals surface area contributed by atoms with Crippen molar-refractivity contribution in [2.75, 3.05) is 0 Å². The molecule has 2 N–H and O–H groups in total. The first-order valence-electron chi connectivity index (χ1n) is 17.7. The first-order valence-corrected chi connectivity index (χ1v) is 17.7. The van der Waals surface area contributed by atoms with Crippen molar-refractivity contribution in [1.82, 2.24) is 15.0 Å². The van der Waals surface area contributed by atoms with Gasteiger partial charge >= 0.3 is 0 Å². The fourth-order valence-electron chi connectivity index (χ4n) is 8.23. The lowest BCUT2D eigenvalue weighted by atomic mass is 9.67.